The quantitative estimate of drug-likeness (QED) is 0.727. The van der Waals surface area contributed by atoms with Crippen molar-refractivity contribution in [2.75, 3.05) is 6.54 Å². The van der Waals surface area contributed by atoms with E-state index in [2.05, 4.69) is 5.32 Å². The van der Waals surface area contributed by atoms with Crippen molar-refractivity contribution in [1.82, 2.24) is 10.2 Å². The maximum Gasteiger partial charge on any atom is 0.324 e. The average Bonchev–Trinajstić information content (AvgIpc) is 2.70. The van der Waals surface area contributed by atoms with Crippen LogP contribution < -0.4 is 5.32 Å². The molecule has 102 valence electrons. The van der Waals surface area contributed by atoms with Gasteiger partial charge in [0.1, 0.15) is 0 Å². The minimum atomic E-state index is -0.864. The van der Waals surface area contributed by atoms with Gasteiger partial charge in [-0.05, 0) is 32.6 Å². The highest BCUT2D eigenvalue weighted by Crippen LogP contribution is 2.16. The number of likely N-dealkylation sites (tertiary alicyclic amines) is 1. The number of unbranched alkanes of at least 4 members (excludes halogenated alkanes) is 1. The number of carboxylic acid groups (broad SMARTS) is 1. The molecule has 1 saturated heterocycles. The summed E-state index contributed by atoms with van der Waals surface area (Å²) in [7, 11) is 0. The maximum atomic E-state index is 11.7. The highest BCUT2D eigenvalue weighted by atomic mass is 16.4. The van der Waals surface area contributed by atoms with Crippen LogP contribution in [-0.2, 0) is 9.59 Å². The van der Waals surface area contributed by atoms with E-state index in [1.807, 2.05) is 6.92 Å². The molecule has 6 nitrogen and oxygen atoms in total. The molecule has 0 aliphatic carbocycles. The Morgan fingerprint density at radius 3 is 2.50 bits per heavy atom. The predicted molar refractivity (Wildman–Crippen MR) is 65.0 cm³/mol. The molecule has 2 N–H and O–H groups in total. The van der Waals surface area contributed by atoms with Gasteiger partial charge in [0.2, 0.25) is 5.91 Å². The number of hydrogen-bond donors (Lipinski definition) is 2. The van der Waals surface area contributed by atoms with Gasteiger partial charge in [0, 0.05) is 25.4 Å². The Morgan fingerprint density at radius 1 is 1.28 bits per heavy atom. The molecular weight excluding hydrogens is 236 g/mol. The molecular formula is C12H20N2O4. The number of aliphatic carboxylic acids is 1. The summed E-state index contributed by atoms with van der Waals surface area (Å²) in [5.74, 6) is -1.19. The predicted octanol–water partition coefficient (Wildman–Crippen LogP) is 1.35. The molecule has 1 fully saturated rings. The Balaban J connectivity index is 2.19. The number of imide groups is 1. The second kappa shape index (κ2) is 6.98. The summed E-state index contributed by atoms with van der Waals surface area (Å²) in [6.45, 7) is 2.66. The Kier molecular flexibility index (Phi) is 5.61. The number of carboxylic acids is 1. The number of hydrogen-bond acceptors (Lipinski definition) is 3. The lowest BCUT2D eigenvalue weighted by atomic mass is 10.2. The van der Waals surface area contributed by atoms with Crippen LogP contribution in [0.5, 0.6) is 0 Å². The fourth-order valence-corrected chi connectivity index (χ4v) is 2.05. The molecule has 1 atom stereocenters. The van der Waals surface area contributed by atoms with Crippen molar-refractivity contribution in [2.24, 2.45) is 0 Å². The lowest BCUT2D eigenvalue weighted by Gasteiger charge is -2.21. The fraction of sp³-hybridized carbons (Fsp3) is 0.750. The van der Waals surface area contributed by atoms with E-state index >= 15 is 0 Å². The molecule has 0 saturated carbocycles. The van der Waals surface area contributed by atoms with Crippen molar-refractivity contribution in [3.05, 3.63) is 0 Å². The van der Waals surface area contributed by atoms with E-state index in [4.69, 9.17) is 5.11 Å². The smallest absolute Gasteiger partial charge is 0.324 e. The number of urea groups is 1. The third kappa shape index (κ3) is 4.73. The summed E-state index contributed by atoms with van der Waals surface area (Å²) in [6, 6.07) is -0.145. The van der Waals surface area contributed by atoms with Crippen LogP contribution in [0.1, 0.15) is 45.4 Å². The first kappa shape index (κ1) is 14.5. The minimum absolute atomic E-state index is 0.0599. The zero-order chi connectivity index (χ0) is 13.5. The second-order valence-corrected chi connectivity index (χ2v) is 4.64. The van der Waals surface area contributed by atoms with Gasteiger partial charge in [-0.15, -0.1) is 0 Å². The molecule has 1 aliphatic rings. The molecule has 1 unspecified atom stereocenters. The summed E-state index contributed by atoms with van der Waals surface area (Å²) < 4.78 is 0. The standard InChI is InChI=1S/C12H20N2O4/c1-9-5-4-8-14(9)12(18)13-10(15)6-2-3-7-11(16)17/h9H,2-8H2,1H3,(H,16,17)(H,13,15,18). The van der Waals surface area contributed by atoms with Crippen molar-refractivity contribution < 1.29 is 19.5 Å². The van der Waals surface area contributed by atoms with Gasteiger partial charge < -0.3 is 10.0 Å². The monoisotopic (exact) mass is 256 g/mol. The SMILES string of the molecule is CC1CCCN1C(=O)NC(=O)CCCCC(=O)O. The third-order valence-electron chi connectivity index (χ3n) is 3.10. The highest BCUT2D eigenvalue weighted by Gasteiger charge is 2.25. The van der Waals surface area contributed by atoms with E-state index in [0.717, 1.165) is 12.8 Å². The molecule has 0 aromatic rings. The normalized spacial score (nSPS) is 18.7. The fourth-order valence-electron chi connectivity index (χ4n) is 2.05. The van der Waals surface area contributed by atoms with Crippen LogP contribution in [0.4, 0.5) is 4.79 Å². The first-order chi connectivity index (χ1) is 8.50. The van der Waals surface area contributed by atoms with E-state index in [0.29, 0.717) is 19.4 Å². The third-order valence-corrected chi connectivity index (χ3v) is 3.10. The second-order valence-electron chi connectivity index (χ2n) is 4.64. The average molecular weight is 256 g/mol. The van der Waals surface area contributed by atoms with Crippen molar-refractivity contribution in [2.45, 2.75) is 51.5 Å². The van der Waals surface area contributed by atoms with Crippen LogP contribution in [0.15, 0.2) is 0 Å². The Bertz CT molecular complexity index is 330. The first-order valence-electron chi connectivity index (χ1n) is 6.33. The van der Waals surface area contributed by atoms with Gasteiger partial charge in [-0.2, -0.15) is 0 Å². The summed E-state index contributed by atoms with van der Waals surface area (Å²) in [5, 5.41) is 10.8. The van der Waals surface area contributed by atoms with Crippen LogP contribution in [0, 0.1) is 0 Å². The lowest BCUT2D eigenvalue weighted by Crippen LogP contribution is -2.44. The van der Waals surface area contributed by atoms with Crippen molar-refractivity contribution in [3.8, 4) is 0 Å². The maximum absolute atomic E-state index is 11.7. The van der Waals surface area contributed by atoms with Crippen LogP contribution in [0.25, 0.3) is 0 Å². The number of nitrogens with one attached hydrogen (secondary N) is 1. The molecule has 1 aliphatic heterocycles. The molecule has 1 heterocycles. The molecule has 0 aromatic carbocycles. The van der Waals surface area contributed by atoms with Gasteiger partial charge in [0.25, 0.3) is 0 Å². The minimum Gasteiger partial charge on any atom is -0.481 e. The van der Waals surface area contributed by atoms with E-state index in [1.165, 1.54) is 0 Å². The van der Waals surface area contributed by atoms with Crippen LogP contribution in [0.3, 0.4) is 0 Å². The van der Waals surface area contributed by atoms with E-state index in [-0.39, 0.29) is 30.8 Å². The summed E-state index contributed by atoms with van der Waals surface area (Å²) in [6.07, 6.45) is 3.14. The van der Waals surface area contributed by atoms with Gasteiger partial charge in [-0.3, -0.25) is 14.9 Å². The molecule has 3 amide bonds. The Labute approximate surface area is 106 Å². The highest BCUT2D eigenvalue weighted by molar-refractivity contribution is 5.94. The lowest BCUT2D eigenvalue weighted by molar-refractivity contribution is -0.137. The van der Waals surface area contributed by atoms with Crippen molar-refractivity contribution in [3.63, 3.8) is 0 Å². The molecule has 6 heteroatoms. The van der Waals surface area contributed by atoms with Crippen LogP contribution in [-0.4, -0.2) is 40.5 Å². The first-order valence-corrected chi connectivity index (χ1v) is 6.33. The summed E-state index contributed by atoms with van der Waals surface area (Å²) >= 11 is 0. The van der Waals surface area contributed by atoms with Crippen molar-refractivity contribution >= 4 is 17.9 Å². The molecule has 0 radical (unpaired) electrons. The van der Waals surface area contributed by atoms with Gasteiger partial charge in [0.15, 0.2) is 0 Å². The summed E-state index contributed by atoms with van der Waals surface area (Å²) in [4.78, 5) is 35.1. The largest absolute Gasteiger partial charge is 0.481 e. The number of amides is 3. The van der Waals surface area contributed by atoms with Gasteiger partial charge >= 0.3 is 12.0 Å². The molecule has 0 spiro atoms. The Hall–Kier alpha value is -1.59. The molecule has 18 heavy (non-hydrogen) atoms. The number of carbonyl (C=O) groups excluding carboxylic acids is 2. The van der Waals surface area contributed by atoms with Crippen LogP contribution in [0.2, 0.25) is 0 Å². The molecule has 0 bridgehead atoms. The van der Waals surface area contributed by atoms with Crippen molar-refractivity contribution in [1.29, 1.82) is 0 Å². The summed E-state index contributed by atoms with van der Waals surface area (Å²) in [5.41, 5.74) is 0. The Morgan fingerprint density at radius 2 is 1.94 bits per heavy atom. The number of rotatable bonds is 5. The number of nitrogens with zero attached hydrogens (tertiary/aromatic N) is 1. The zero-order valence-electron chi connectivity index (χ0n) is 10.6. The zero-order valence-corrected chi connectivity index (χ0v) is 10.6. The van der Waals surface area contributed by atoms with E-state index in [1.54, 1.807) is 4.90 Å². The van der Waals surface area contributed by atoms with Gasteiger partial charge in [-0.25, -0.2) is 4.79 Å². The van der Waals surface area contributed by atoms with E-state index in [9.17, 15) is 14.4 Å². The molecule has 1 rings (SSSR count). The van der Waals surface area contributed by atoms with Gasteiger partial charge in [0.05, 0.1) is 0 Å². The number of carbonyl (C=O) groups is 3. The van der Waals surface area contributed by atoms with Crippen LogP contribution >= 0.6 is 0 Å². The van der Waals surface area contributed by atoms with E-state index < -0.39 is 5.97 Å². The topological polar surface area (TPSA) is 86.7 Å². The van der Waals surface area contributed by atoms with Gasteiger partial charge in [-0.1, -0.05) is 0 Å². The molecule has 0 aromatic heterocycles.